The fourth-order valence-corrected chi connectivity index (χ4v) is 4.35. The molecule has 7 heteroatoms. The number of benzene rings is 3. The average molecular weight is 512 g/mol. The number of halogens is 2. The van der Waals surface area contributed by atoms with Crippen LogP contribution in [0.2, 0.25) is 5.02 Å². The Morgan fingerprint density at radius 2 is 1.59 bits per heavy atom. The molecular formula is C20H15ClINO3S. The van der Waals surface area contributed by atoms with Crippen molar-refractivity contribution in [2.75, 3.05) is 11.4 Å². The van der Waals surface area contributed by atoms with Crippen molar-refractivity contribution in [3.63, 3.8) is 0 Å². The van der Waals surface area contributed by atoms with Crippen LogP contribution in [0.15, 0.2) is 77.7 Å². The number of carbonyl (C=O) groups is 1. The number of sulfonamides is 1. The van der Waals surface area contributed by atoms with Gasteiger partial charge in [-0.3, -0.25) is 9.10 Å². The summed E-state index contributed by atoms with van der Waals surface area (Å²) >= 11 is 8.19. The predicted octanol–water partition coefficient (Wildman–Crippen LogP) is 5.00. The van der Waals surface area contributed by atoms with Crippen LogP contribution < -0.4 is 4.31 Å². The molecule has 27 heavy (non-hydrogen) atoms. The summed E-state index contributed by atoms with van der Waals surface area (Å²) in [6.07, 6.45) is 0. The number of hydrogen-bond donors (Lipinski definition) is 0. The van der Waals surface area contributed by atoms with Gasteiger partial charge in [0.2, 0.25) is 0 Å². The van der Waals surface area contributed by atoms with Crippen LogP contribution in [0.25, 0.3) is 0 Å². The fourth-order valence-electron chi connectivity index (χ4n) is 2.60. The molecule has 0 aliphatic heterocycles. The average Bonchev–Trinajstić information content (AvgIpc) is 2.68. The minimum Gasteiger partial charge on any atom is -0.289 e. The second-order valence-electron chi connectivity index (χ2n) is 5.78. The topological polar surface area (TPSA) is 54.5 Å². The lowest BCUT2D eigenvalue weighted by Gasteiger charge is -2.22. The lowest BCUT2D eigenvalue weighted by atomic mass is 10.0. The van der Waals surface area contributed by atoms with E-state index < -0.39 is 10.0 Å². The van der Waals surface area contributed by atoms with E-state index in [0.717, 1.165) is 7.88 Å². The minimum atomic E-state index is -3.83. The van der Waals surface area contributed by atoms with Crippen molar-refractivity contribution in [1.82, 2.24) is 0 Å². The highest BCUT2D eigenvalue weighted by Crippen LogP contribution is 2.30. The molecule has 0 bridgehead atoms. The number of hydrogen-bond acceptors (Lipinski definition) is 3. The van der Waals surface area contributed by atoms with Crippen molar-refractivity contribution in [2.24, 2.45) is 0 Å². The van der Waals surface area contributed by atoms with E-state index in [1.165, 1.54) is 13.1 Å². The van der Waals surface area contributed by atoms with Crippen molar-refractivity contribution >= 4 is 55.7 Å². The van der Waals surface area contributed by atoms with E-state index in [4.69, 9.17) is 11.6 Å². The highest BCUT2D eigenvalue weighted by atomic mass is 127. The summed E-state index contributed by atoms with van der Waals surface area (Å²) in [4.78, 5) is 13.1. The highest BCUT2D eigenvalue weighted by Gasteiger charge is 2.25. The van der Waals surface area contributed by atoms with Crippen LogP contribution in [0.1, 0.15) is 15.9 Å². The van der Waals surface area contributed by atoms with Gasteiger partial charge < -0.3 is 0 Å². The number of ketones is 1. The molecule has 4 nitrogen and oxygen atoms in total. The molecule has 0 aliphatic rings. The zero-order chi connectivity index (χ0) is 19.6. The molecule has 0 unspecified atom stereocenters. The highest BCUT2D eigenvalue weighted by molar-refractivity contribution is 14.1. The maximum absolute atomic E-state index is 13.0. The van der Waals surface area contributed by atoms with Crippen LogP contribution in [0.4, 0.5) is 5.69 Å². The molecule has 0 saturated carbocycles. The van der Waals surface area contributed by atoms with Crippen LogP contribution in [0.3, 0.4) is 0 Å². The molecule has 0 radical (unpaired) electrons. The van der Waals surface area contributed by atoms with Gasteiger partial charge in [0.05, 0.1) is 10.6 Å². The first-order chi connectivity index (χ1) is 12.8. The molecule has 3 rings (SSSR count). The van der Waals surface area contributed by atoms with Gasteiger partial charge in [-0.2, -0.15) is 0 Å². The summed E-state index contributed by atoms with van der Waals surface area (Å²) in [7, 11) is -2.40. The first-order valence-corrected chi connectivity index (χ1v) is 10.8. The van der Waals surface area contributed by atoms with Gasteiger partial charge in [-0.25, -0.2) is 8.42 Å². The lowest BCUT2D eigenvalue weighted by molar-refractivity contribution is 0.103. The second kappa shape index (κ2) is 8.00. The Kier molecular flexibility index (Phi) is 5.88. The Hall–Kier alpha value is -1.90. The van der Waals surface area contributed by atoms with Gasteiger partial charge >= 0.3 is 0 Å². The molecule has 0 atom stereocenters. The fraction of sp³-hybridized carbons (Fsp3) is 0.0500. The van der Waals surface area contributed by atoms with Gasteiger partial charge in [0.15, 0.2) is 5.78 Å². The number of carbonyl (C=O) groups excluding carboxylic acids is 1. The molecule has 3 aromatic rings. The SMILES string of the molecule is CN(c1ccc(Cl)cc1C(=O)c1ccccc1)S(=O)(=O)c1ccc(I)cc1. The van der Waals surface area contributed by atoms with Gasteiger partial charge in [0.1, 0.15) is 0 Å². The van der Waals surface area contributed by atoms with Crippen LogP contribution in [0, 0.1) is 3.57 Å². The normalized spacial score (nSPS) is 11.2. The summed E-state index contributed by atoms with van der Waals surface area (Å²) in [5, 5.41) is 0.359. The van der Waals surface area contributed by atoms with E-state index in [2.05, 4.69) is 22.6 Å². The number of nitrogens with zero attached hydrogens (tertiary/aromatic N) is 1. The van der Waals surface area contributed by atoms with Crippen molar-refractivity contribution in [3.8, 4) is 0 Å². The molecule has 0 saturated heterocycles. The zero-order valence-electron chi connectivity index (χ0n) is 14.3. The van der Waals surface area contributed by atoms with Gasteiger partial charge in [-0.1, -0.05) is 41.9 Å². The largest absolute Gasteiger partial charge is 0.289 e. The Morgan fingerprint density at radius 1 is 0.963 bits per heavy atom. The molecule has 0 heterocycles. The van der Waals surface area contributed by atoms with E-state index >= 15 is 0 Å². The summed E-state index contributed by atoms with van der Waals surface area (Å²) in [5.41, 5.74) is 0.957. The maximum atomic E-state index is 13.0. The third-order valence-electron chi connectivity index (χ3n) is 4.05. The predicted molar refractivity (Wildman–Crippen MR) is 116 cm³/mol. The van der Waals surface area contributed by atoms with E-state index in [9.17, 15) is 13.2 Å². The standard InChI is InChI=1S/C20H15ClINO3S/c1-23(27(25,26)17-10-8-16(22)9-11-17)19-12-7-15(21)13-18(19)20(24)14-5-3-2-4-6-14/h2-13H,1H3. The number of rotatable bonds is 5. The van der Waals surface area contributed by atoms with Crippen LogP contribution >= 0.6 is 34.2 Å². The summed E-state index contributed by atoms with van der Waals surface area (Å²) in [5.74, 6) is -0.294. The van der Waals surface area contributed by atoms with Crippen molar-refractivity contribution in [3.05, 3.63) is 92.5 Å². The lowest BCUT2D eigenvalue weighted by Crippen LogP contribution is -2.28. The van der Waals surface area contributed by atoms with Crippen molar-refractivity contribution in [2.45, 2.75) is 4.90 Å². The van der Waals surface area contributed by atoms with Crippen LogP contribution in [-0.2, 0) is 10.0 Å². The summed E-state index contributed by atoms with van der Waals surface area (Å²) in [6, 6.07) is 19.8. The first-order valence-electron chi connectivity index (χ1n) is 7.94. The van der Waals surface area contributed by atoms with E-state index in [1.54, 1.807) is 60.7 Å². The van der Waals surface area contributed by atoms with E-state index in [0.29, 0.717) is 10.6 Å². The summed E-state index contributed by atoms with van der Waals surface area (Å²) < 4.78 is 28.1. The Labute approximate surface area is 177 Å². The van der Waals surface area contributed by atoms with Gasteiger partial charge in [0.25, 0.3) is 10.0 Å². The first kappa shape index (κ1) is 19.9. The molecule has 0 fully saturated rings. The number of anilines is 1. The van der Waals surface area contributed by atoms with E-state index in [1.807, 2.05) is 6.07 Å². The molecule has 0 aliphatic carbocycles. The zero-order valence-corrected chi connectivity index (χ0v) is 18.0. The Morgan fingerprint density at radius 3 is 2.22 bits per heavy atom. The second-order valence-corrected chi connectivity index (χ2v) is 9.43. The van der Waals surface area contributed by atoms with Crippen LogP contribution in [-0.4, -0.2) is 21.2 Å². The Bertz CT molecular complexity index is 1080. The quantitative estimate of drug-likeness (QED) is 0.358. The van der Waals surface area contributed by atoms with Crippen molar-refractivity contribution in [1.29, 1.82) is 0 Å². The van der Waals surface area contributed by atoms with E-state index in [-0.39, 0.29) is 21.9 Å². The minimum absolute atomic E-state index is 0.151. The van der Waals surface area contributed by atoms with Crippen LogP contribution in [0.5, 0.6) is 0 Å². The molecule has 0 N–H and O–H groups in total. The van der Waals surface area contributed by atoms with Gasteiger partial charge in [-0.15, -0.1) is 0 Å². The third-order valence-corrected chi connectivity index (χ3v) is 6.79. The van der Waals surface area contributed by atoms with Gasteiger partial charge in [0, 0.05) is 26.8 Å². The molecular weight excluding hydrogens is 497 g/mol. The van der Waals surface area contributed by atoms with Gasteiger partial charge in [-0.05, 0) is 65.1 Å². The smallest absolute Gasteiger partial charge is 0.264 e. The monoisotopic (exact) mass is 511 g/mol. The Balaban J connectivity index is 2.09. The molecule has 0 amide bonds. The third kappa shape index (κ3) is 4.17. The summed E-state index contributed by atoms with van der Waals surface area (Å²) in [6.45, 7) is 0. The molecule has 3 aromatic carbocycles. The molecule has 0 spiro atoms. The maximum Gasteiger partial charge on any atom is 0.264 e. The molecule has 0 aromatic heterocycles. The molecule has 138 valence electrons. The van der Waals surface area contributed by atoms with Crippen molar-refractivity contribution < 1.29 is 13.2 Å².